The number of hydrogen-bond donors (Lipinski definition) is 0. The zero-order valence-electron chi connectivity index (χ0n) is 6.60. The third kappa shape index (κ3) is 0.867. The molecule has 0 unspecified atom stereocenters. The Labute approximate surface area is 62.2 Å². The number of hydrogen-bond acceptors (Lipinski definition) is 2. The van der Waals surface area contributed by atoms with Gasteiger partial charge in [0.15, 0.2) is 0 Å². The van der Waals surface area contributed by atoms with Crippen molar-refractivity contribution in [3.63, 3.8) is 0 Å². The van der Waals surface area contributed by atoms with E-state index in [4.69, 9.17) is 4.74 Å². The van der Waals surface area contributed by atoms with Crippen LogP contribution in [0.2, 0.25) is 0 Å². The van der Waals surface area contributed by atoms with Crippen LogP contribution in [0.25, 0.3) is 0 Å². The van der Waals surface area contributed by atoms with Crippen molar-refractivity contribution < 1.29 is 4.74 Å². The Bertz CT molecular complexity index is 127. The highest BCUT2D eigenvalue weighted by Crippen LogP contribution is 2.40. The summed E-state index contributed by atoms with van der Waals surface area (Å²) in [6.07, 6.45) is 2.72. The first-order valence-electron chi connectivity index (χ1n) is 4.06. The van der Waals surface area contributed by atoms with Crippen LogP contribution in [0.15, 0.2) is 0 Å². The topological polar surface area (TPSA) is 12.5 Å². The van der Waals surface area contributed by atoms with Gasteiger partial charge in [0.25, 0.3) is 0 Å². The molecule has 0 aromatic rings. The molecule has 2 heteroatoms. The summed E-state index contributed by atoms with van der Waals surface area (Å²) in [6, 6.07) is 0. The van der Waals surface area contributed by atoms with Gasteiger partial charge in [-0.2, -0.15) is 0 Å². The normalized spacial score (nSPS) is 44.7. The smallest absolute Gasteiger partial charge is 0.0531 e. The molecule has 0 aromatic carbocycles. The predicted molar refractivity (Wildman–Crippen MR) is 40.0 cm³/mol. The van der Waals surface area contributed by atoms with E-state index in [0.29, 0.717) is 5.41 Å². The average molecular weight is 141 g/mol. The number of methoxy groups -OCH3 is 1. The second kappa shape index (κ2) is 2.21. The van der Waals surface area contributed by atoms with Crippen molar-refractivity contribution in [3.05, 3.63) is 0 Å². The lowest BCUT2D eigenvalue weighted by Crippen LogP contribution is -2.24. The van der Waals surface area contributed by atoms with Crippen molar-refractivity contribution in [3.8, 4) is 0 Å². The molecule has 0 spiro atoms. The summed E-state index contributed by atoms with van der Waals surface area (Å²) in [7, 11) is 1.82. The van der Waals surface area contributed by atoms with Gasteiger partial charge in [0.1, 0.15) is 0 Å². The maximum absolute atomic E-state index is 5.22. The Morgan fingerprint density at radius 1 is 1.40 bits per heavy atom. The molecular formula is C8H15NO. The van der Waals surface area contributed by atoms with Crippen molar-refractivity contribution in [1.29, 1.82) is 0 Å². The molecule has 2 heterocycles. The van der Waals surface area contributed by atoms with E-state index in [2.05, 4.69) is 4.90 Å². The maximum atomic E-state index is 5.22. The average Bonchev–Trinajstić information content (AvgIpc) is 2.46. The summed E-state index contributed by atoms with van der Waals surface area (Å²) in [5.74, 6) is 0. The van der Waals surface area contributed by atoms with E-state index in [9.17, 15) is 0 Å². The second-order valence-corrected chi connectivity index (χ2v) is 3.71. The van der Waals surface area contributed by atoms with Crippen LogP contribution in [0.3, 0.4) is 0 Å². The van der Waals surface area contributed by atoms with Gasteiger partial charge >= 0.3 is 0 Å². The number of nitrogens with zero attached hydrogens (tertiary/aromatic N) is 1. The fourth-order valence-electron chi connectivity index (χ4n) is 2.31. The van der Waals surface area contributed by atoms with Gasteiger partial charge in [0, 0.05) is 19.1 Å². The first kappa shape index (κ1) is 6.62. The Morgan fingerprint density at radius 2 is 2.10 bits per heavy atom. The monoisotopic (exact) mass is 141 g/mol. The minimum absolute atomic E-state index is 0.564. The minimum atomic E-state index is 0.564. The summed E-state index contributed by atoms with van der Waals surface area (Å²) >= 11 is 0. The molecule has 2 aliphatic rings. The lowest BCUT2D eigenvalue weighted by Gasteiger charge is -2.23. The van der Waals surface area contributed by atoms with Gasteiger partial charge in [0.2, 0.25) is 0 Å². The molecule has 58 valence electrons. The zero-order valence-corrected chi connectivity index (χ0v) is 6.60. The van der Waals surface area contributed by atoms with Crippen LogP contribution in [0.4, 0.5) is 0 Å². The third-order valence-electron chi connectivity index (χ3n) is 2.93. The molecule has 2 rings (SSSR count). The lowest BCUT2D eigenvalue weighted by atomic mass is 9.86. The molecule has 2 fully saturated rings. The van der Waals surface area contributed by atoms with E-state index in [-0.39, 0.29) is 0 Å². The SMILES string of the molecule is COCC12CCN(CC1)C2. The number of piperidine rings is 1. The van der Waals surface area contributed by atoms with Gasteiger partial charge in [-0.3, -0.25) is 0 Å². The Morgan fingerprint density at radius 3 is 2.50 bits per heavy atom. The van der Waals surface area contributed by atoms with E-state index >= 15 is 0 Å². The van der Waals surface area contributed by atoms with Crippen molar-refractivity contribution in [2.75, 3.05) is 33.4 Å². The van der Waals surface area contributed by atoms with Gasteiger partial charge < -0.3 is 9.64 Å². The van der Waals surface area contributed by atoms with Crippen LogP contribution in [0.1, 0.15) is 12.8 Å². The van der Waals surface area contributed by atoms with E-state index in [1.54, 1.807) is 0 Å². The minimum Gasteiger partial charge on any atom is -0.384 e. The van der Waals surface area contributed by atoms with Crippen molar-refractivity contribution >= 4 is 0 Å². The third-order valence-corrected chi connectivity index (χ3v) is 2.93. The van der Waals surface area contributed by atoms with Crippen LogP contribution in [-0.2, 0) is 4.74 Å². The lowest BCUT2D eigenvalue weighted by molar-refractivity contribution is 0.0968. The fourth-order valence-corrected chi connectivity index (χ4v) is 2.31. The molecule has 0 atom stereocenters. The Balaban J connectivity index is 2.01. The fraction of sp³-hybridized carbons (Fsp3) is 1.00. The summed E-state index contributed by atoms with van der Waals surface area (Å²) in [5, 5.41) is 0. The van der Waals surface area contributed by atoms with Crippen molar-refractivity contribution in [1.82, 2.24) is 4.90 Å². The van der Waals surface area contributed by atoms with Gasteiger partial charge in [-0.1, -0.05) is 0 Å². The molecule has 0 aliphatic carbocycles. The number of ether oxygens (including phenoxy) is 1. The number of fused-ring (bicyclic) bond motifs is 2. The molecule has 2 saturated heterocycles. The number of rotatable bonds is 2. The van der Waals surface area contributed by atoms with Crippen LogP contribution < -0.4 is 0 Å². The quantitative estimate of drug-likeness (QED) is 0.562. The molecule has 10 heavy (non-hydrogen) atoms. The molecule has 2 bridgehead atoms. The first-order chi connectivity index (χ1) is 4.85. The van der Waals surface area contributed by atoms with E-state index in [1.807, 2.05) is 7.11 Å². The van der Waals surface area contributed by atoms with Crippen molar-refractivity contribution in [2.24, 2.45) is 5.41 Å². The van der Waals surface area contributed by atoms with Crippen LogP contribution in [0.5, 0.6) is 0 Å². The van der Waals surface area contributed by atoms with E-state index in [1.165, 1.54) is 32.5 Å². The van der Waals surface area contributed by atoms with Gasteiger partial charge in [-0.05, 0) is 25.9 Å². The van der Waals surface area contributed by atoms with Crippen LogP contribution in [0, 0.1) is 5.41 Å². The van der Waals surface area contributed by atoms with Crippen molar-refractivity contribution in [2.45, 2.75) is 12.8 Å². The molecule has 0 radical (unpaired) electrons. The van der Waals surface area contributed by atoms with E-state index in [0.717, 1.165) is 6.61 Å². The molecular weight excluding hydrogens is 126 g/mol. The predicted octanol–water partition coefficient (Wildman–Crippen LogP) is 0.729. The summed E-state index contributed by atoms with van der Waals surface area (Å²) in [4.78, 5) is 2.54. The van der Waals surface area contributed by atoms with Crippen LogP contribution in [-0.4, -0.2) is 38.3 Å². The molecule has 2 aliphatic heterocycles. The van der Waals surface area contributed by atoms with Crippen LogP contribution >= 0.6 is 0 Å². The summed E-state index contributed by atoms with van der Waals surface area (Å²) in [5.41, 5.74) is 0.564. The Hall–Kier alpha value is -0.0800. The summed E-state index contributed by atoms with van der Waals surface area (Å²) in [6.45, 7) is 4.89. The first-order valence-corrected chi connectivity index (χ1v) is 4.06. The molecule has 0 saturated carbocycles. The zero-order chi connectivity index (χ0) is 7.03. The van der Waals surface area contributed by atoms with Gasteiger partial charge in [-0.15, -0.1) is 0 Å². The highest BCUT2D eigenvalue weighted by Gasteiger charge is 2.43. The maximum Gasteiger partial charge on any atom is 0.0531 e. The largest absolute Gasteiger partial charge is 0.384 e. The van der Waals surface area contributed by atoms with E-state index < -0.39 is 0 Å². The molecule has 0 amide bonds. The second-order valence-electron chi connectivity index (χ2n) is 3.71. The molecule has 0 N–H and O–H groups in total. The highest BCUT2D eigenvalue weighted by molar-refractivity contribution is 4.96. The summed E-state index contributed by atoms with van der Waals surface area (Å²) < 4.78 is 5.22. The van der Waals surface area contributed by atoms with Gasteiger partial charge in [0.05, 0.1) is 6.61 Å². The molecule has 0 aromatic heterocycles. The van der Waals surface area contributed by atoms with Gasteiger partial charge in [-0.25, -0.2) is 0 Å². The highest BCUT2D eigenvalue weighted by atomic mass is 16.5. The standard InChI is InChI=1S/C8H15NO/c1-10-7-8-2-4-9(6-8)5-3-8/h2-7H2,1H3. The Kier molecular flexibility index (Phi) is 1.46. The molecule has 2 nitrogen and oxygen atoms in total.